The van der Waals surface area contributed by atoms with Gasteiger partial charge >= 0.3 is 0 Å². The predicted molar refractivity (Wildman–Crippen MR) is 132 cm³/mol. The Morgan fingerprint density at radius 3 is 2.50 bits per heavy atom. The van der Waals surface area contributed by atoms with Crippen molar-refractivity contribution in [1.29, 1.82) is 0 Å². The van der Waals surface area contributed by atoms with Crippen molar-refractivity contribution in [3.05, 3.63) is 72.2 Å². The maximum atomic E-state index is 13.3. The highest BCUT2D eigenvalue weighted by atomic mass is 32.2. The molecule has 1 N–H and O–H groups in total. The lowest BCUT2D eigenvalue weighted by Crippen LogP contribution is -2.67. The Bertz CT molecular complexity index is 1260. The van der Waals surface area contributed by atoms with E-state index in [2.05, 4.69) is 65.3 Å². The number of sulfonamides is 1. The first-order valence-electron chi connectivity index (χ1n) is 11.9. The fraction of sp³-hybridized carbons (Fsp3) is 0.423. The molecule has 0 unspecified atom stereocenters. The molecule has 3 heterocycles. The van der Waals surface area contributed by atoms with Gasteiger partial charge in [0.15, 0.2) is 5.03 Å². The lowest BCUT2D eigenvalue weighted by molar-refractivity contribution is -0.0554. The molecule has 180 valence electrons. The SMILES string of the molecule is Cc1cccc(-c2ccc([C@H]3[C@H]4CN(S(=O)(=O)c5cn(C)cn5)CCCCN4[C@H]3CO)cc2)c1. The van der Waals surface area contributed by atoms with Gasteiger partial charge in [0.1, 0.15) is 0 Å². The Morgan fingerprint density at radius 1 is 1.06 bits per heavy atom. The Kier molecular flexibility index (Phi) is 6.33. The molecule has 2 aliphatic rings. The van der Waals surface area contributed by atoms with Crippen molar-refractivity contribution in [2.75, 3.05) is 26.2 Å². The quantitative estimate of drug-likeness (QED) is 0.607. The minimum Gasteiger partial charge on any atom is -0.395 e. The average Bonchev–Trinajstić information content (AvgIpc) is 3.25. The Hall–Kier alpha value is -2.52. The minimum absolute atomic E-state index is 0.00678. The van der Waals surface area contributed by atoms with E-state index in [1.54, 1.807) is 22.1 Å². The lowest BCUT2D eigenvalue weighted by atomic mass is 9.74. The Morgan fingerprint density at radius 2 is 1.82 bits per heavy atom. The van der Waals surface area contributed by atoms with Crippen molar-refractivity contribution in [2.24, 2.45) is 7.05 Å². The van der Waals surface area contributed by atoms with Gasteiger partial charge in [-0.25, -0.2) is 13.4 Å². The molecule has 7 nitrogen and oxygen atoms in total. The number of rotatable bonds is 5. The van der Waals surface area contributed by atoms with E-state index in [0.717, 1.165) is 30.5 Å². The van der Waals surface area contributed by atoms with Gasteiger partial charge in [-0.15, -0.1) is 0 Å². The van der Waals surface area contributed by atoms with Crippen LogP contribution >= 0.6 is 0 Å². The smallest absolute Gasteiger partial charge is 0.262 e. The number of imidazole rings is 1. The molecule has 0 radical (unpaired) electrons. The van der Waals surface area contributed by atoms with E-state index >= 15 is 0 Å². The summed E-state index contributed by atoms with van der Waals surface area (Å²) in [5, 5.41) is 10.3. The van der Waals surface area contributed by atoms with E-state index in [0.29, 0.717) is 13.1 Å². The average molecular weight is 481 g/mol. The highest BCUT2D eigenvalue weighted by molar-refractivity contribution is 7.89. The number of aromatic nitrogens is 2. The molecule has 34 heavy (non-hydrogen) atoms. The van der Waals surface area contributed by atoms with Crippen molar-refractivity contribution in [3.8, 4) is 11.1 Å². The summed E-state index contributed by atoms with van der Waals surface area (Å²) in [4.78, 5) is 6.40. The molecule has 8 heteroatoms. The summed E-state index contributed by atoms with van der Waals surface area (Å²) in [6.45, 7) is 3.93. The van der Waals surface area contributed by atoms with E-state index in [9.17, 15) is 13.5 Å². The van der Waals surface area contributed by atoms with Crippen LogP contribution in [0, 0.1) is 6.92 Å². The highest BCUT2D eigenvalue weighted by Gasteiger charge is 2.50. The molecule has 0 amide bonds. The first-order valence-corrected chi connectivity index (χ1v) is 13.3. The second kappa shape index (κ2) is 9.26. The van der Waals surface area contributed by atoms with Gasteiger partial charge < -0.3 is 9.67 Å². The molecule has 0 aliphatic carbocycles. The topological polar surface area (TPSA) is 78.7 Å². The van der Waals surface area contributed by atoms with Crippen molar-refractivity contribution in [3.63, 3.8) is 0 Å². The fourth-order valence-electron chi connectivity index (χ4n) is 5.50. The summed E-state index contributed by atoms with van der Waals surface area (Å²) in [7, 11) is -1.89. The third kappa shape index (κ3) is 4.20. The zero-order valence-electron chi connectivity index (χ0n) is 19.7. The number of aliphatic hydroxyl groups excluding tert-OH is 1. The third-order valence-corrected chi connectivity index (χ3v) is 9.02. The third-order valence-electron chi connectivity index (χ3n) is 7.27. The summed E-state index contributed by atoms with van der Waals surface area (Å²) < 4.78 is 29.9. The summed E-state index contributed by atoms with van der Waals surface area (Å²) in [5.74, 6) is 0.0797. The minimum atomic E-state index is -3.67. The monoisotopic (exact) mass is 480 g/mol. The number of fused-ring (bicyclic) bond motifs is 1. The molecule has 0 saturated carbocycles. The zero-order valence-corrected chi connectivity index (χ0v) is 20.5. The van der Waals surface area contributed by atoms with Gasteiger partial charge in [-0.2, -0.15) is 4.31 Å². The van der Waals surface area contributed by atoms with E-state index in [1.165, 1.54) is 17.5 Å². The van der Waals surface area contributed by atoms with Crippen LogP contribution in [0.5, 0.6) is 0 Å². The fourth-order valence-corrected chi connectivity index (χ4v) is 6.97. The van der Waals surface area contributed by atoms with E-state index < -0.39 is 10.0 Å². The number of aryl methyl sites for hydroxylation is 2. The lowest BCUT2D eigenvalue weighted by Gasteiger charge is -2.57. The normalized spacial score (nSPS) is 24.1. The second-order valence-corrected chi connectivity index (χ2v) is 11.4. The molecule has 1 aromatic heterocycles. The van der Waals surface area contributed by atoms with E-state index in [-0.39, 0.29) is 29.6 Å². The van der Waals surface area contributed by atoms with E-state index in [4.69, 9.17) is 0 Å². The molecule has 0 spiro atoms. The summed E-state index contributed by atoms with van der Waals surface area (Å²) in [5.41, 5.74) is 4.70. The van der Waals surface area contributed by atoms with Crippen LogP contribution in [0.25, 0.3) is 11.1 Å². The van der Waals surface area contributed by atoms with E-state index in [1.807, 2.05) is 0 Å². The largest absolute Gasteiger partial charge is 0.395 e. The zero-order chi connectivity index (χ0) is 23.9. The van der Waals surface area contributed by atoms with Gasteiger partial charge in [-0.05, 0) is 43.0 Å². The van der Waals surface area contributed by atoms with Crippen LogP contribution < -0.4 is 0 Å². The van der Waals surface area contributed by atoms with Crippen LogP contribution in [-0.4, -0.2) is 70.6 Å². The first kappa shape index (κ1) is 23.2. The van der Waals surface area contributed by atoms with Crippen molar-refractivity contribution in [2.45, 2.75) is 42.8 Å². The van der Waals surface area contributed by atoms with Crippen molar-refractivity contribution in [1.82, 2.24) is 18.8 Å². The molecule has 3 atom stereocenters. The van der Waals surface area contributed by atoms with Gasteiger partial charge in [-0.1, -0.05) is 54.1 Å². The molecule has 5 rings (SSSR count). The van der Waals surface area contributed by atoms with Gasteiger partial charge in [0.25, 0.3) is 10.0 Å². The van der Waals surface area contributed by atoms with Gasteiger partial charge in [0.2, 0.25) is 0 Å². The number of aliphatic hydroxyl groups is 1. The van der Waals surface area contributed by atoms with Crippen LogP contribution in [0.15, 0.2) is 66.1 Å². The standard InChI is InChI=1S/C26H32N4O3S/c1-19-6-5-7-22(14-19)20-8-10-21(11-9-20)26-23-15-29(12-3-4-13-30(23)24(26)17-31)34(32,33)25-16-28(2)18-27-25/h5-11,14,16,18,23-24,26,31H,3-4,12-13,15,17H2,1-2H3/t23-,24+,26+/m1/s1. The molecule has 2 aliphatic heterocycles. The molecule has 3 aromatic rings. The number of nitrogens with zero attached hydrogens (tertiary/aromatic N) is 4. The number of hydrogen-bond acceptors (Lipinski definition) is 5. The van der Waals surface area contributed by atoms with Gasteiger partial charge in [-0.3, -0.25) is 4.90 Å². The Labute approximate surface area is 201 Å². The maximum absolute atomic E-state index is 13.3. The molecule has 2 fully saturated rings. The van der Waals surface area contributed by atoms with Crippen molar-refractivity contribution >= 4 is 10.0 Å². The first-order chi connectivity index (χ1) is 16.4. The van der Waals surface area contributed by atoms with Crippen molar-refractivity contribution < 1.29 is 13.5 Å². The summed E-state index contributed by atoms with van der Waals surface area (Å²) >= 11 is 0. The number of benzene rings is 2. The highest BCUT2D eigenvalue weighted by Crippen LogP contribution is 2.43. The summed E-state index contributed by atoms with van der Waals surface area (Å²) in [6, 6.07) is 17.0. The molecular weight excluding hydrogens is 448 g/mol. The van der Waals surface area contributed by atoms with Crippen LogP contribution in [-0.2, 0) is 17.1 Å². The molecule has 2 aromatic carbocycles. The maximum Gasteiger partial charge on any atom is 0.262 e. The number of hydrogen-bond donors (Lipinski definition) is 1. The summed E-state index contributed by atoms with van der Waals surface area (Å²) in [6.07, 6.45) is 4.78. The van der Waals surface area contributed by atoms with Gasteiger partial charge in [0.05, 0.1) is 12.9 Å². The van der Waals surface area contributed by atoms with Crippen LogP contribution in [0.1, 0.15) is 29.9 Å². The van der Waals surface area contributed by atoms with Crippen LogP contribution in [0.4, 0.5) is 0 Å². The molecular formula is C26H32N4O3S. The van der Waals surface area contributed by atoms with Gasteiger partial charge in [0, 0.05) is 44.3 Å². The van der Waals surface area contributed by atoms with Crippen LogP contribution in [0.3, 0.4) is 0 Å². The van der Waals surface area contributed by atoms with Crippen LogP contribution in [0.2, 0.25) is 0 Å². The molecule has 0 bridgehead atoms. The second-order valence-electron chi connectivity index (χ2n) is 9.52. The molecule has 2 saturated heterocycles. The Balaban J connectivity index is 1.42. The predicted octanol–water partition coefficient (Wildman–Crippen LogP) is 3.01.